The molecule has 2 rings (SSSR count). The van der Waals surface area contributed by atoms with Gasteiger partial charge < -0.3 is 14.5 Å². The Morgan fingerprint density at radius 3 is 2.50 bits per heavy atom. The fourth-order valence-electron chi connectivity index (χ4n) is 3.12. The third-order valence-corrected chi connectivity index (χ3v) is 4.08. The molecule has 0 radical (unpaired) electrons. The number of hydrogen-bond acceptors (Lipinski definition) is 3. The molecule has 5 heteroatoms. The first kappa shape index (κ1) is 15.3. The minimum atomic E-state index is -0.156. The van der Waals surface area contributed by atoms with Gasteiger partial charge in [0, 0.05) is 32.6 Å². The van der Waals surface area contributed by atoms with Gasteiger partial charge in [-0.3, -0.25) is 9.59 Å². The standard InChI is InChI=1S/C15H26N2O3/c1-4-5-6-16-10-13(7-14(16)18)15(19)17-8-11(2)20-12(3)9-17/h11-13H,4-10H2,1-3H3. The van der Waals surface area contributed by atoms with Crippen LogP contribution in [0.1, 0.15) is 40.0 Å². The van der Waals surface area contributed by atoms with Crippen LogP contribution in [0.15, 0.2) is 0 Å². The number of hydrogen-bond donors (Lipinski definition) is 0. The third kappa shape index (κ3) is 3.51. The lowest BCUT2D eigenvalue weighted by Gasteiger charge is -2.36. The van der Waals surface area contributed by atoms with Gasteiger partial charge in [0.1, 0.15) is 0 Å². The Morgan fingerprint density at radius 2 is 1.90 bits per heavy atom. The maximum absolute atomic E-state index is 12.5. The number of morpholine rings is 1. The van der Waals surface area contributed by atoms with Gasteiger partial charge >= 0.3 is 0 Å². The summed E-state index contributed by atoms with van der Waals surface area (Å²) in [6.45, 7) is 8.75. The van der Waals surface area contributed by atoms with E-state index in [0.29, 0.717) is 26.1 Å². The molecule has 0 saturated carbocycles. The van der Waals surface area contributed by atoms with E-state index in [9.17, 15) is 9.59 Å². The summed E-state index contributed by atoms with van der Waals surface area (Å²) in [6.07, 6.45) is 2.62. The SMILES string of the molecule is CCCCN1CC(C(=O)N2CC(C)OC(C)C2)CC1=O. The monoisotopic (exact) mass is 282 g/mol. The molecule has 0 aromatic heterocycles. The van der Waals surface area contributed by atoms with Crippen LogP contribution in [0.5, 0.6) is 0 Å². The van der Waals surface area contributed by atoms with Crippen LogP contribution in [0.25, 0.3) is 0 Å². The first-order chi connectivity index (χ1) is 9.51. The van der Waals surface area contributed by atoms with E-state index in [0.717, 1.165) is 19.4 Å². The minimum absolute atomic E-state index is 0.0796. The lowest BCUT2D eigenvalue weighted by Crippen LogP contribution is -2.50. The molecule has 2 aliphatic heterocycles. The molecule has 2 fully saturated rings. The molecular formula is C15H26N2O3. The van der Waals surface area contributed by atoms with E-state index >= 15 is 0 Å². The zero-order valence-electron chi connectivity index (χ0n) is 12.8. The maximum Gasteiger partial charge on any atom is 0.228 e. The Balaban J connectivity index is 1.91. The summed E-state index contributed by atoms with van der Waals surface area (Å²) in [6, 6.07) is 0. The summed E-state index contributed by atoms with van der Waals surface area (Å²) < 4.78 is 5.65. The predicted octanol–water partition coefficient (Wildman–Crippen LogP) is 1.27. The van der Waals surface area contributed by atoms with E-state index < -0.39 is 0 Å². The highest BCUT2D eigenvalue weighted by Gasteiger charge is 2.37. The van der Waals surface area contributed by atoms with E-state index in [1.165, 1.54) is 0 Å². The van der Waals surface area contributed by atoms with Gasteiger partial charge in [-0.1, -0.05) is 13.3 Å². The van der Waals surface area contributed by atoms with Crippen molar-refractivity contribution in [2.45, 2.75) is 52.2 Å². The molecular weight excluding hydrogens is 256 g/mol. The van der Waals surface area contributed by atoms with Gasteiger partial charge in [-0.05, 0) is 20.3 Å². The molecule has 3 atom stereocenters. The fraction of sp³-hybridized carbons (Fsp3) is 0.867. The van der Waals surface area contributed by atoms with Gasteiger partial charge in [-0.2, -0.15) is 0 Å². The number of likely N-dealkylation sites (tertiary alicyclic amines) is 1. The van der Waals surface area contributed by atoms with Crippen LogP contribution < -0.4 is 0 Å². The Bertz CT molecular complexity index is 362. The van der Waals surface area contributed by atoms with Crippen molar-refractivity contribution >= 4 is 11.8 Å². The smallest absolute Gasteiger partial charge is 0.228 e. The fourth-order valence-corrected chi connectivity index (χ4v) is 3.12. The van der Waals surface area contributed by atoms with Crippen molar-refractivity contribution in [2.24, 2.45) is 5.92 Å². The molecule has 3 unspecified atom stereocenters. The molecule has 2 aliphatic rings. The van der Waals surface area contributed by atoms with Gasteiger partial charge in [0.25, 0.3) is 0 Å². The zero-order valence-corrected chi connectivity index (χ0v) is 12.8. The minimum Gasteiger partial charge on any atom is -0.372 e. The summed E-state index contributed by atoms with van der Waals surface area (Å²) >= 11 is 0. The van der Waals surface area contributed by atoms with Crippen molar-refractivity contribution < 1.29 is 14.3 Å². The second-order valence-electron chi connectivity index (χ2n) is 6.09. The number of nitrogens with zero attached hydrogens (tertiary/aromatic N) is 2. The molecule has 0 aromatic carbocycles. The van der Waals surface area contributed by atoms with Crippen molar-refractivity contribution in [3.63, 3.8) is 0 Å². The number of carbonyl (C=O) groups is 2. The molecule has 5 nitrogen and oxygen atoms in total. The molecule has 0 N–H and O–H groups in total. The largest absolute Gasteiger partial charge is 0.372 e. The van der Waals surface area contributed by atoms with Crippen molar-refractivity contribution in [1.82, 2.24) is 9.80 Å². The molecule has 2 heterocycles. The van der Waals surface area contributed by atoms with Gasteiger partial charge in [-0.15, -0.1) is 0 Å². The summed E-state index contributed by atoms with van der Waals surface area (Å²) in [5, 5.41) is 0. The molecule has 0 aromatic rings. The van der Waals surface area contributed by atoms with E-state index in [-0.39, 0.29) is 29.9 Å². The van der Waals surface area contributed by atoms with Crippen LogP contribution in [0.3, 0.4) is 0 Å². The van der Waals surface area contributed by atoms with Crippen LogP contribution in [0, 0.1) is 5.92 Å². The summed E-state index contributed by atoms with van der Waals surface area (Å²) in [5.74, 6) is 0.0994. The molecule has 20 heavy (non-hydrogen) atoms. The average Bonchev–Trinajstić information content (AvgIpc) is 2.75. The lowest BCUT2D eigenvalue weighted by molar-refractivity contribution is -0.147. The van der Waals surface area contributed by atoms with Crippen LogP contribution in [-0.4, -0.2) is 60.0 Å². The highest BCUT2D eigenvalue weighted by Crippen LogP contribution is 2.22. The van der Waals surface area contributed by atoms with Gasteiger partial charge in [0.05, 0.1) is 18.1 Å². The molecule has 2 amide bonds. The van der Waals surface area contributed by atoms with Gasteiger partial charge in [-0.25, -0.2) is 0 Å². The molecule has 0 bridgehead atoms. The lowest BCUT2D eigenvalue weighted by atomic mass is 10.1. The number of amides is 2. The van der Waals surface area contributed by atoms with Crippen LogP contribution >= 0.6 is 0 Å². The summed E-state index contributed by atoms with van der Waals surface area (Å²) in [7, 11) is 0. The van der Waals surface area contributed by atoms with E-state index in [1.807, 2.05) is 23.6 Å². The number of unbranched alkanes of at least 4 members (excludes halogenated alkanes) is 1. The van der Waals surface area contributed by atoms with Crippen LogP contribution in [0.4, 0.5) is 0 Å². The summed E-state index contributed by atoms with van der Waals surface area (Å²) in [5.41, 5.74) is 0. The first-order valence-corrected chi connectivity index (χ1v) is 7.73. The topological polar surface area (TPSA) is 49.9 Å². The highest BCUT2D eigenvalue weighted by molar-refractivity contribution is 5.89. The Kier molecular flexibility index (Phi) is 5.02. The van der Waals surface area contributed by atoms with E-state index in [2.05, 4.69) is 6.92 Å². The second kappa shape index (κ2) is 6.57. The van der Waals surface area contributed by atoms with Crippen LogP contribution in [0.2, 0.25) is 0 Å². The molecule has 2 saturated heterocycles. The molecule has 0 spiro atoms. The number of rotatable bonds is 4. The van der Waals surface area contributed by atoms with Gasteiger partial charge in [0.2, 0.25) is 11.8 Å². The van der Waals surface area contributed by atoms with Crippen molar-refractivity contribution in [2.75, 3.05) is 26.2 Å². The molecule has 0 aliphatic carbocycles. The Hall–Kier alpha value is -1.10. The third-order valence-electron chi connectivity index (χ3n) is 4.08. The summed E-state index contributed by atoms with van der Waals surface area (Å²) in [4.78, 5) is 28.2. The maximum atomic E-state index is 12.5. The Morgan fingerprint density at radius 1 is 1.25 bits per heavy atom. The van der Waals surface area contributed by atoms with Crippen LogP contribution in [-0.2, 0) is 14.3 Å². The second-order valence-corrected chi connectivity index (χ2v) is 6.09. The predicted molar refractivity (Wildman–Crippen MR) is 76.2 cm³/mol. The van der Waals surface area contributed by atoms with E-state index in [1.54, 1.807) is 0 Å². The quantitative estimate of drug-likeness (QED) is 0.780. The number of ether oxygens (including phenoxy) is 1. The van der Waals surface area contributed by atoms with Crippen molar-refractivity contribution in [3.05, 3.63) is 0 Å². The van der Waals surface area contributed by atoms with Crippen molar-refractivity contribution in [3.8, 4) is 0 Å². The van der Waals surface area contributed by atoms with E-state index in [4.69, 9.17) is 4.74 Å². The first-order valence-electron chi connectivity index (χ1n) is 7.73. The zero-order chi connectivity index (χ0) is 14.7. The molecule has 114 valence electrons. The van der Waals surface area contributed by atoms with Gasteiger partial charge in [0.15, 0.2) is 0 Å². The van der Waals surface area contributed by atoms with Crippen molar-refractivity contribution in [1.29, 1.82) is 0 Å². The number of carbonyl (C=O) groups excluding carboxylic acids is 2. The highest BCUT2D eigenvalue weighted by atomic mass is 16.5. The Labute approximate surface area is 121 Å². The average molecular weight is 282 g/mol. The normalized spacial score (nSPS) is 30.9.